The van der Waals surface area contributed by atoms with Crippen LogP contribution in [0, 0.1) is 0 Å². The molecule has 0 aliphatic rings. The molecular formula is C18H21NO5S. The van der Waals surface area contributed by atoms with E-state index in [0.29, 0.717) is 25.3 Å². The Morgan fingerprint density at radius 3 is 2.44 bits per heavy atom. The minimum absolute atomic E-state index is 0.118. The van der Waals surface area contributed by atoms with E-state index in [1.54, 1.807) is 42.3 Å². The van der Waals surface area contributed by atoms with Crippen LogP contribution in [0.1, 0.15) is 15.9 Å². The van der Waals surface area contributed by atoms with Crippen molar-refractivity contribution in [3.05, 3.63) is 65.7 Å². The molecule has 0 radical (unpaired) electrons. The van der Waals surface area contributed by atoms with Gasteiger partial charge in [-0.2, -0.15) is 8.42 Å². The normalized spacial score (nSPS) is 11.1. The van der Waals surface area contributed by atoms with Crippen molar-refractivity contribution in [2.75, 3.05) is 26.5 Å². The maximum absolute atomic E-state index is 12.7. The first kappa shape index (κ1) is 19.0. The molecule has 0 saturated heterocycles. The van der Waals surface area contributed by atoms with Crippen LogP contribution >= 0.6 is 0 Å². The van der Waals surface area contributed by atoms with E-state index in [1.165, 1.54) is 0 Å². The lowest BCUT2D eigenvalue weighted by Crippen LogP contribution is -2.33. The Morgan fingerprint density at radius 2 is 1.80 bits per heavy atom. The summed E-state index contributed by atoms with van der Waals surface area (Å²) in [5.74, 6) is 0.103. The molecule has 0 heterocycles. The number of carbonyl (C=O) groups excluding carboxylic acids is 1. The van der Waals surface area contributed by atoms with Gasteiger partial charge in [0.15, 0.2) is 0 Å². The summed E-state index contributed by atoms with van der Waals surface area (Å²) in [6.45, 7) is 1.14. The van der Waals surface area contributed by atoms with Crippen LogP contribution in [0.2, 0.25) is 0 Å². The number of benzene rings is 2. The van der Waals surface area contributed by atoms with Gasteiger partial charge >= 0.3 is 10.1 Å². The van der Waals surface area contributed by atoms with Crippen molar-refractivity contribution in [1.82, 2.24) is 4.90 Å². The van der Waals surface area contributed by atoms with Gasteiger partial charge in [-0.1, -0.05) is 30.3 Å². The number of rotatable bonds is 8. The number of amides is 1. The number of hydrogen-bond acceptors (Lipinski definition) is 5. The van der Waals surface area contributed by atoms with Gasteiger partial charge in [0, 0.05) is 25.8 Å². The van der Waals surface area contributed by atoms with E-state index in [2.05, 4.69) is 0 Å². The van der Waals surface area contributed by atoms with Crippen LogP contribution in [0.15, 0.2) is 54.6 Å². The minimum atomic E-state index is -3.60. The highest BCUT2D eigenvalue weighted by atomic mass is 32.2. The maximum atomic E-state index is 12.7. The Balaban J connectivity index is 2.19. The highest BCUT2D eigenvalue weighted by Crippen LogP contribution is 2.17. The molecule has 6 nitrogen and oxygen atoms in total. The molecule has 0 aromatic heterocycles. The van der Waals surface area contributed by atoms with Gasteiger partial charge in [-0.15, -0.1) is 0 Å². The number of nitrogens with zero attached hydrogens (tertiary/aromatic N) is 1. The lowest BCUT2D eigenvalue weighted by Gasteiger charge is -2.23. The molecule has 2 rings (SSSR count). The van der Waals surface area contributed by atoms with E-state index in [9.17, 15) is 13.2 Å². The molecule has 0 atom stereocenters. The molecule has 25 heavy (non-hydrogen) atoms. The fourth-order valence-corrected chi connectivity index (χ4v) is 2.76. The Bertz CT molecular complexity index is 805. The van der Waals surface area contributed by atoms with Gasteiger partial charge in [0.2, 0.25) is 0 Å². The van der Waals surface area contributed by atoms with Gasteiger partial charge < -0.3 is 13.8 Å². The Labute approximate surface area is 148 Å². The van der Waals surface area contributed by atoms with Crippen LogP contribution in [0.4, 0.5) is 0 Å². The second-order valence-corrected chi connectivity index (χ2v) is 7.10. The third-order valence-electron chi connectivity index (χ3n) is 3.39. The summed E-state index contributed by atoms with van der Waals surface area (Å²) in [7, 11) is -2.02. The molecule has 0 N–H and O–H groups in total. The number of methoxy groups -OCH3 is 1. The fraction of sp³-hybridized carbons (Fsp3) is 0.278. The standard InChI is InChI=1S/C18H21NO5S/c1-23-12-11-19(18(20)16-8-4-3-5-9-16)14-15-7-6-10-17(13-15)24-25(2,21)22/h3-10,13H,11-12,14H2,1-2H3. The van der Waals surface area contributed by atoms with Crippen LogP contribution in [-0.4, -0.2) is 45.7 Å². The molecule has 1 amide bonds. The van der Waals surface area contributed by atoms with Crippen molar-refractivity contribution in [2.24, 2.45) is 0 Å². The van der Waals surface area contributed by atoms with Crippen molar-refractivity contribution in [3.8, 4) is 5.75 Å². The Kier molecular flexibility index (Phi) is 6.55. The Morgan fingerprint density at radius 1 is 1.08 bits per heavy atom. The number of hydrogen-bond donors (Lipinski definition) is 0. The summed E-state index contributed by atoms with van der Waals surface area (Å²) < 4.78 is 32.5. The summed E-state index contributed by atoms with van der Waals surface area (Å²) in [6, 6.07) is 15.6. The van der Waals surface area contributed by atoms with Gasteiger partial charge in [0.25, 0.3) is 5.91 Å². The molecule has 0 bridgehead atoms. The summed E-state index contributed by atoms with van der Waals surface area (Å²) in [5, 5.41) is 0. The quantitative estimate of drug-likeness (QED) is 0.673. The van der Waals surface area contributed by atoms with Gasteiger partial charge in [-0.25, -0.2) is 0 Å². The molecule has 2 aromatic rings. The lowest BCUT2D eigenvalue weighted by molar-refractivity contribution is 0.0680. The predicted octanol–water partition coefficient (Wildman–Crippen LogP) is 2.31. The van der Waals surface area contributed by atoms with Gasteiger partial charge in [-0.3, -0.25) is 4.79 Å². The average molecular weight is 363 g/mol. The molecule has 0 aliphatic carbocycles. The highest BCUT2D eigenvalue weighted by molar-refractivity contribution is 7.86. The van der Waals surface area contributed by atoms with E-state index in [0.717, 1.165) is 11.8 Å². The third kappa shape index (κ3) is 6.21. The molecule has 0 fully saturated rings. The van der Waals surface area contributed by atoms with Gasteiger partial charge in [0.05, 0.1) is 12.9 Å². The molecule has 0 unspecified atom stereocenters. The van der Waals surface area contributed by atoms with Crippen LogP contribution in [0.25, 0.3) is 0 Å². The summed E-state index contributed by atoms with van der Waals surface area (Å²) in [6.07, 6.45) is 0.990. The van der Waals surface area contributed by atoms with Crippen molar-refractivity contribution in [1.29, 1.82) is 0 Å². The summed E-state index contributed by atoms with van der Waals surface area (Å²) in [5.41, 5.74) is 1.35. The van der Waals surface area contributed by atoms with Crippen molar-refractivity contribution < 1.29 is 22.1 Å². The second-order valence-electron chi connectivity index (χ2n) is 5.52. The van der Waals surface area contributed by atoms with Crippen molar-refractivity contribution in [3.63, 3.8) is 0 Å². The lowest BCUT2D eigenvalue weighted by atomic mass is 10.1. The highest BCUT2D eigenvalue weighted by Gasteiger charge is 2.16. The monoisotopic (exact) mass is 363 g/mol. The second kappa shape index (κ2) is 8.64. The van der Waals surface area contributed by atoms with Gasteiger partial charge in [0.1, 0.15) is 5.75 Å². The zero-order valence-electron chi connectivity index (χ0n) is 14.2. The van der Waals surface area contributed by atoms with E-state index in [-0.39, 0.29) is 11.7 Å². The van der Waals surface area contributed by atoms with E-state index in [1.807, 2.05) is 24.3 Å². The minimum Gasteiger partial charge on any atom is -0.383 e. The maximum Gasteiger partial charge on any atom is 0.306 e. The molecular weight excluding hydrogens is 342 g/mol. The third-order valence-corrected chi connectivity index (χ3v) is 3.89. The first-order valence-electron chi connectivity index (χ1n) is 7.71. The Hall–Kier alpha value is -2.38. The number of ether oxygens (including phenoxy) is 1. The largest absolute Gasteiger partial charge is 0.383 e. The van der Waals surface area contributed by atoms with E-state index in [4.69, 9.17) is 8.92 Å². The number of carbonyl (C=O) groups is 1. The first-order valence-corrected chi connectivity index (χ1v) is 9.52. The molecule has 0 spiro atoms. The average Bonchev–Trinajstić information content (AvgIpc) is 2.57. The van der Waals surface area contributed by atoms with Crippen LogP contribution < -0.4 is 4.18 Å². The zero-order chi connectivity index (χ0) is 18.3. The van der Waals surface area contributed by atoms with Crippen molar-refractivity contribution in [2.45, 2.75) is 6.54 Å². The summed E-state index contributed by atoms with van der Waals surface area (Å²) >= 11 is 0. The van der Waals surface area contributed by atoms with E-state index < -0.39 is 10.1 Å². The molecule has 2 aromatic carbocycles. The van der Waals surface area contributed by atoms with E-state index >= 15 is 0 Å². The zero-order valence-corrected chi connectivity index (χ0v) is 15.0. The topological polar surface area (TPSA) is 72.9 Å². The van der Waals surface area contributed by atoms with Crippen LogP contribution in [0.5, 0.6) is 5.75 Å². The molecule has 7 heteroatoms. The molecule has 0 saturated carbocycles. The van der Waals surface area contributed by atoms with Crippen LogP contribution in [-0.2, 0) is 21.4 Å². The SMILES string of the molecule is COCCN(Cc1cccc(OS(C)(=O)=O)c1)C(=O)c1ccccc1. The smallest absolute Gasteiger partial charge is 0.306 e. The van der Waals surface area contributed by atoms with Crippen LogP contribution in [0.3, 0.4) is 0 Å². The summed E-state index contributed by atoms with van der Waals surface area (Å²) in [4.78, 5) is 14.4. The molecule has 0 aliphatic heterocycles. The first-order chi connectivity index (χ1) is 11.9. The van der Waals surface area contributed by atoms with Gasteiger partial charge in [-0.05, 0) is 29.8 Å². The fourth-order valence-electron chi connectivity index (χ4n) is 2.31. The van der Waals surface area contributed by atoms with Crippen molar-refractivity contribution >= 4 is 16.0 Å². The predicted molar refractivity (Wildman–Crippen MR) is 95.0 cm³/mol. The molecule has 134 valence electrons.